The molecule has 0 aromatic rings. The van der Waals surface area contributed by atoms with Gasteiger partial charge in [-0.2, -0.15) is 0 Å². The Kier molecular flexibility index (Phi) is 47.5. The van der Waals surface area contributed by atoms with E-state index in [1.165, 1.54) is 32.1 Å². The molecule has 462 valence electrons. The number of carboxylic acids is 3. The zero-order valence-electron chi connectivity index (χ0n) is 47.4. The van der Waals surface area contributed by atoms with Crippen molar-refractivity contribution < 1.29 is 97.5 Å². The summed E-state index contributed by atoms with van der Waals surface area (Å²) in [5, 5.41) is 69.2. The molecule has 11 N–H and O–H groups in total. The van der Waals surface area contributed by atoms with Crippen molar-refractivity contribution in [2.45, 2.75) is 199 Å². The second-order valence-electron chi connectivity index (χ2n) is 19.9. The van der Waals surface area contributed by atoms with Crippen molar-refractivity contribution in [3.05, 3.63) is 0 Å². The van der Waals surface area contributed by atoms with Gasteiger partial charge in [0.15, 0.2) is 17.9 Å². The van der Waals surface area contributed by atoms with Gasteiger partial charge in [0, 0.05) is 64.1 Å². The topological polar surface area (TPSA) is 389 Å². The third-order valence-corrected chi connectivity index (χ3v) is 13.1. The van der Waals surface area contributed by atoms with Crippen LogP contribution in [0.15, 0.2) is 0 Å². The Bertz CT molecular complexity index is 1760. The number of carboxylic acid groups (broad SMARTS) is 3. The van der Waals surface area contributed by atoms with Crippen molar-refractivity contribution in [1.29, 1.82) is 0 Å². The van der Waals surface area contributed by atoms with Gasteiger partial charge in [0.05, 0.1) is 51.6 Å². The van der Waals surface area contributed by atoms with E-state index in [1.807, 2.05) is 6.92 Å². The highest BCUT2D eigenvalue weighted by Gasteiger charge is 2.26. The van der Waals surface area contributed by atoms with Crippen LogP contribution in [0.25, 0.3) is 0 Å². The lowest BCUT2D eigenvalue weighted by Gasteiger charge is -2.20. The van der Waals surface area contributed by atoms with E-state index in [2.05, 4.69) is 26.6 Å². The Morgan fingerprint density at radius 1 is 0.425 bits per heavy atom. The number of carbonyl (C=O) groups is 10. The number of hydrogen-bond donors (Lipinski definition) is 11. The van der Waals surface area contributed by atoms with Crippen molar-refractivity contribution in [1.82, 2.24) is 26.6 Å². The van der Waals surface area contributed by atoms with Gasteiger partial charge in [-0.05, 0) is 51.4 Å². The number of aliphatic hydroxyl groups excluding tert-OH is 2. The van der Waals surface area contributed by atoms with Gasteiger partial charge in [0.2, 0.25) is 29.5 Å². The third-order valence-electron chi connectivity index (χ3n) is 13.1. The van der Waals surface area contributed by atoms with Crippen molar-refractivity contribution in [2.24, 2.45) is 11.8 Å². The lowest BCUT2D eigenvalue weighted by Crippen LogP contribution is -2.44. The molecule has 0 aliphatic carbocycles. The van der Waals surface area contributed by atoms with Gasteiger partial charge in [-0.1, -0.05) is 90.4 Å². The molecule has 5 amide bonds. The van der Waals surface area contributed by atoms with Gasteiger partial charge in [0.25, 0.3) is 0 Å². The zero-order chi connectivity index (χ0) is 59.6. The average molecular weight is 1150 g/mol. The quantitative estimate of drug-likeness (QED) is 0.0308. The van der Waals surface area contributed by atoms with Crippen molar-refractivity contribution in [3.8, 4) is 0 Å². The van der Waals surface area contributed by atoms with Crippen molar-refractivity contribution in [2.75, 3.05) is 79.1 Å². The van der Waals surface area contributed by atoms with Crippen molar-refractivity contribution in [3.63, 3.8) is 0 Å². The summed E-state index contributed by atoms with van der Waals surface area (Å²) in [5.41, 5.74) is 0. The highest BCUT2D eigenvalue weighted by atomic mass is 16.5. The minimum Gasteiger partial charge on any atom is -0.481 e. The largest absolute Gasteiger partial charge is 0.481 e. The monoisotopic (exact) mass is 1150 g/mol. The van der Waals surface area contributed by atoms with Crippen LogP contribution in [0.3, 0.4) is 0 Å². The van der Waals surface area contributed by atoms with Crippen LogP contribution in [0, 0.1) is 11.8 Å². The van der Waals surface area contributed by atoms with E-state index in [0.29, 0.717) is 38.6 Å². The smallest absolute Gasteiger partial charge is 0.326 e. The van der Waals surface area contributed by atoms with E-state index < -0.39 is 85.3 Å². The summed E-state index contributed by atoms with van der Waals surface area (Å²) in [5.74, 6) is -7.89. The van der Waals surface area contributed by atoms with Crippen LogP contribution in [0.1, 0.15) is 180 Å². The van der Waals surface area contributed by atoms with Crippen LogP contribution in [0.4, 0.5) is 0 Å². The molecule has 0 rings (SSSR count). The molecule has 0 aliphatic rings. The van der Waals surface area contributed by atoms with E-state index in [-0.39, 0.29) is 134 Å². The maximum atomic E-state index is 12.5. The molecule has 25 nitrogen and oxygen atoms in total. The third kappa shape index (κ3) is 45.5. The van der Waals surface area contributed by atoms with Gasteiger partial charge in [-0.15, -0.1) is 0 Å². The molecular formula is C55H97N5O20. The van der Waals surface area contributed by atoms with Gasteiger partial charge < -0.3 is 76.2 Å². The standard InChI is InChI=1S/C55H97N5O20/c1-2-41(46(63)38-61)19-17-18-28-56-47(64)26-23-45(55(75)76)60-50(67)25-22-42(53(71)72)37-43(62)39-79-35-33-78-32-30-58-51(68)40-80-36-34-77-31-29-57-48(65)27-24-44(54(73)74)59-49(66)20-15-13-11-9-7-5-3-4-6-8-10-12-14-16-21-52(69)70/h41-42,44-45,54,61,73-74H,2-40H2,1H3,(H,56,64)(H,57,65)(H,58,68)(H,59,66)(H,60,67)(H,69,70)(H,71,72)(H,75,76)/t41-,42+,44-,45-/m0/s1. The summed E-state index contributed by atoms with van der Waals surface area (Å²) in [7, 11) is 0. The maximum absolute atomic E-state index is 12.5. The molecule has 0 spiro atoms. The van der Waals surface area contributed by atoms with Gasteiger partial charge in [0.1, 0.15) is 25.9 Å². The molecule has 0 saturated heterocycles. The summed E-state index contributed by atoms with van der Waals surface area (Å²) in [4.78, 5) is 120. The molecule has 0 radical (unpaired) electrons. The molecule has 0 aromatic heterocycles. The lowest BCUT2D eigenvalue weighted by molar-refractivity contribution is -0.145. The normalized spacial score (nSPS) is 12.7. The molecule has 0 heterocycles. The summed E-state index contributed by atoms with van der Waals surface area (Å²) >= 11 is 0. The summed E-state index contributed by atoms with van der Waals surface area (Å²) < 4.78 is 21.3. The molecular weight excluding hydrogens is 1050 g/mol. The van der Waals surface area contributed by atoms with Gasteiger partial charge in [-0.3, -0.25) is 43.2 Å². The van der Waals surface area contributed by atoms with Crippen LogP contribution in [0.2, 0.25) is 0 Å². The minimum absolute atomic E-state index is 0.00456. The van der Waals surface area contributed by atoms with E-state index in [1.54, 1.807) is 0 Å². The Balaban J connectivity index is 3.98. The number of hydrogen-bond acceptors (Lipinski definition) is 17. The number of unbranched alkanes of at least 4 members (excludes halogenated alkanes) is 14. The predicted octanol–water partition coefficient (Wildman–Crippen LogP) is 2.85. The van der Waals surface area contributed by atoms with E-state index in [9.17, 15) is 68.4 Å². The van der Waals surface area contributed by atoms with E-state index in [4.69, 9.17) is 29.2 Å². The van der Waals surface area contributed by atoms with Crippen LogP contribution in [0.5, 0.6) is 0 Å². The Labute approximate surface area is 471 Å². The molecule has 0 unspecified atom stereocenters. The zero-order valence-corrected chi connectivity index (χ0v) is 47.4. The molecule has 0 bridgehead atoms. The number of Topliss-reactive ketones (excluding diaryl/α,β-unsaturated/α-hetero) is 2. The molecule has 4 atom stereocenters. The Morgan fingerprint density at radius 3 is 1.41 bits per heavy atom. The number of ether oxygens (including phenoxy) is 4. The number of ketones is 2. The Hall–Kier alpha value is -5.18. The first-order chi connectivity index (χ1) is 38.4. The molecule has 25 heteroatoms. The fraction of sp³-hybridized carbons (Fsp3) is 0.818. The SMILES string of the molecule is CC[C@@H](CCCCNC(=O)CC[C@H](NC(=O)CC[C@H](CC(=O)COCCOCCNC(=O)COCCOCCNC(=O)CC[C@H](NC(=O)CCCCCCCCCCCCCCCCC(=O)O)C(O)O)C(=O)O)C(=O)O)C(=O)CO. The second kappa shape index (κ2) is 50.8. The number of aliphatic hydroxyl groups is 3. The fourth-order valence-electron chi connectivity index (χ4n) is 8.30. The molecule has 0 aliphatic heterocycles. The molecule has 0 fully saturated rings. The highest BCUT2D eigenvalue weighted by molar-refractivity contribution is 5.87. The maximum Gasteiger partial charge on any atom is 0.326 e. The minimum atomic E-state index is -1.82. The molecule has 80 heavy (non-hydrogen) atoms. The van der Waals surface area contributed by atoms with Gasteiger partial charge in [-0.25, -0.2) is 4.79 Å². The van der Waals surface area contributed by atoms with Crippen LogP contribution >= 0.6 is 0 Å². The number of carbonyl (C=O) groups excluding carboxylic acids is 7. The number of aliphatic carboxylic acids is 3. The Morgan fingerprint density at radius 2 is 0.900 bits per heavy atom. The van der Waals surface area contributed by atoms with Crippen molar-refractivity contribution >= 4 is 59.0 Å². The lowest BCUT2D eigenvalue weighted by atomic mass is 9.95. The second-order valence-corrected chi connectivity index (χ2v) is 19.9. The first-order valence-corrected chi connectivity index (χ1v) is 28.8. The number of nitrogens with one attached hydrogen (secondary N) is 5. The highest BCUT2D eigenvalue weighted by Crippen LogP contribution is 2.16. The van der Waals surface area contributed by atoms with E-state index in [0.717, 1.165) is 51.4 Å². The number of rotatable bonds is 57. The number of amides is 5. The average Bonchev–Trinajstić information content (AvgIpc) is 3.41. The molecule has 0 saturated carbocycles. The van der Waals surface area contributed by atoms with Gasteiger partial charge >= 0.3 is 17.9 Å². The van der Waals surface area contributed by atoms with Crippen LogP contribution in [-0.4, -0.2) is 187 Å². The summed E-state index contributed by atoms with van der Waals surface area (Å²) in [6.45, 7) is 1.94. The first-order valence-electron chi connectivity index (χ1n) is 28.8. The predicted molar refractivity (Wildman–Crippen MR) is 292 cm³/mol. The summed E-state index contributed by atoms with van der Waals surface area (Å²) in [6.07, 6.45) is 14.6. The van der Waals surface area contributed by atoms with Crippen LogP contribution < -0.4 is 26.6 Å². The fourth-order valence-corrected chi connectivity index (χ4v) is 8.30. The molecule has 0 aromatic carbocycles. The first kappa shape index (κ1) is 74.8. The summed E-state index contributed by atoms with van der Waals surface area (Å²) in [6, 6.07) is -2.38. The van der Waals surface area contributed by atoms with Crippen LogP contribution in [-0.2, 0) is 66.9 Å². The van der Waals surface area contributed by atoms with E-state index >= 15 is 0 Å².